The molecule has 2 N–H and O–H groups in total. The number of carbonyl (C=O) groups excluding carboxylic acids is 2. The monoisotopic (exact) mass is 319 g/mol. The number of hydrogen-bond acceptors (Lipinski definition) is 2. The second-order valence-electron chi connectivity index (χ2n) is 5.34. The van der Waals surface area contributed by atoms with E-state index in [1.165, 1.54) is 12.1 Å². The highest BCUT2D eigenvalue weighted by molar-refractivity contribution is 5.98. The molecule has 0 saturated heterocycles. The first-order valence-corrected chi connectivity index (χ1v) is 7.34. The van der Waals surface area contributed by atoms with E-state index in [-0.39, 0.29) is 5.82 Å². The van der Waals surface area contributed by atoms with Crippen LogP contribution in [0.15, 0.2) is 66.7 Å². The molecule has 4 heteroatoms. The van der Waals surface area contributed by atoms with Crippen molar-refractivity contribution in [2.24, 2.45) is 5.73 Å². The van der Waals surface area contributed by atoms with Crippen LogP contribution in [0.25, 0.3) is 22.3 Å². The number of aldehydes is 1. The number of nitrogens with two attached hydrogens (primary N) is 1. The van der Waals surface area contributed by atoms with Gasteiger partial charge in [-0.15, -0.1) is 0 Å². The predicted molar refractivity (Wildman–Crippen MR) is 91.2 cm³/mol. The van der Waals surface area contributed by atoms with E-state index in [1.807, 2.05) is 12.1 Å². The maximum atomic E-state index is 13.1. The van der Waals surface area contributed by atoms with Crippen molar-refractivity contribution in [3.8, 4) is 22.3 Å². The van der Waals surface area contributed by atoms with Crippen LogP contribution in [0.4, 0.5) is 4.39 Å². The Morgan fingerprint density at radius 2 is 1.50 bits per heavy atom. The third-order valence-electron chi connectivity index (χ3n) is 3.84. The Hall–Kier alpha value is -3.27. The van der Waals surface area contributed by atoms with Gasteiger partial charge in [0.1, 0.15) is 5.82 Å². The average Bonchev–Trinajstić information content (AvgIpc) is 2.61. The molecule has 0 aromatic heterocycles. The Morgan fingerprint density at radius 1 is 0.875 bits per heavy atom. The van der Waals surface area contributed by atoms with E-state index in [9.17, 15) is 14.0 Å². The molecule has 0 radical (unpaired) electrons. The molecule has 0 unspecified atom stereocenters. The molecule has 3 rings (SSSR count). The van der Waals surface area contributed by atoms with E-state index in [0.29, 0.717) is 22.3 Å². The molecule has 3 aromatic rings. The summed E-state index contributed by atoms with van der Waals surface area (Å²) in [6.45, 7) is 0. The number of hydrogen-bond donors (Lipinski definition) is 1. The van der Waals surface area contributed by atoms with Gasteiger partial charge in [-0.1, -0.05) is 42.5 Å². The molecule has 0 heterocycles. The minimum absolute atomic E-state index is 0.336. The summed E-state index contributed by atoms with van der Waals surface area (Å²) >= 11 is 0. The smallest absolute Gasteiger partial charge is 0.248 e. The Bertz CT molecular complexity index is 917. The van der Waals surface area contributed by atoms with E-state index >= 15 is 0 Å². The first-order valence-electron chi connectivity index (χ1n) is 7.34. The van der Waals surface area contributed by atoms with E-state index in [4.69, 9.17) is 5.73 Å². The molecule has 0 spiro atoms. The van der Waals surface area contributed by atoms with Crippen molar-refractivity contribution in [3.63, 3.8) is 0 Å². The van der Waals surface area contributed by atoms with Crippen molar-refractivity contribution >= 4 is 12.2 Å². The SMILES string of the molecule is NC(=O)c1cccc(-c2cccc(-c3ccc(F)cc3)c2C=O)c1. The Morgan fingerprint density at radius 3 is 2.12 bits per heavy atom. The van der Waals surface area contributed by atoms with E-state index in [2.05, 4.69) is 0 Å². The van der Waals surface area contributed by atoms with Gasteiger partial charge in [-0.3, -0.25) is 9.59 Å². The van der Waals surface area contributed by atoms with Crippen LogP contribution in [0.5, 0.6) is 0 Å². The van der Waals surface area contributed by atoms with Crippen molar-refractivity contribution in [3.05, 3.63) is 83.7 Å². The van der Waals surface area contributed by atoms with E-state index < -0.39 is 5.91 Å². The van der Waals surface area contributed by atoms with E-state index in [1.54, 1.807) is 42.5 Å². The number of amides is 1. The van der Waals surface area contributed by atoms with Crippen LogP contribution in [0.3, 0.4) is 0 Å². The number of rotatable bonds is 4. The zero-order valence-electron chi connectivity index (χ0n) is 12.7. The summed E-state index contributed by atoms with van der Waals surface area (Å²) in [6, 6.07) is 18.2. The van der Waals surface area contributed by atoms with Crippen molar-refractivity contribution in [1.29, 1.82) is 0 Å². The number of primary amides is 1. The summed E-state index contributed by atoms with van der Waals surface area (Å²) in [5.74, 6) is -0.865. The summed E-state index contributed by atoms with van der Waals surface area (Å²) in [7, 11) is 0. The summed E-state index contributed by atoms with van der Waals surface area (Å²) in [5.41, 5.74) is 9.02. The van der Waals surface area contributed by atoms with Crippen molar-refractivity contribution in [1.82, 2.24) is 0 Å². The third-order valence-corrected chi connectivity index (χ3v) is 3.84. The molecule has 0 aliphatic heterocycles. The standard InChI is InChI=1S/C20H14FNO2/c21-16-9-7-13(8-10-16)17-5-2-6-18(19(17)12-23)14-3-1-4-15(11-14)20(22)24/h1-12H,(H2,22,24). The molecular formula is C20H14FNO2. The molecule has 0 bridgehead atoms. The van der Waals surface area contributed by atoms with Crippen LogP contribution >= 0.6 is 0 Å². The lowest BCUT2D eigenvalue weighted by Crippen LogP contribution is -2.10. The Labute approximate surface area is 138 Å². The van der Waals surface area contributed by atoms with Gasteiger partial charge in [-0.25, -0.2) is 4.39 Å². The highest BCUT2D eigenvalue weighted by Crippen LogP contribution is 2.31. The normalized spacial score (nSPS) is 10.4. The highest BCUT2D eigenvalue weighted by Gasteiger charge is 2.12. The van der Waals surface area contributed by atoms with Gasteiger partial charge in [0.2, 0.25) is 5.91 Å². The molecule has 0 aliphatic rings. The summed E-state index contributed by atoms with van der Waals surface area (Å²) in [6.07, 6.45) is 0.769. The minimum atomic E-state index is -0.529. The molecular weight excluding hydrogens is 305 g/mol. The van der Waals surface area contributed by atoms with Gasteiger partial charge >= 0.3 is 0 Å². The molecule has 0 saturated carbocycles. The lowest BCUT2D eigenvalue weighted by atomic mass is 9.92. The maximum Gasteiger partial charge on any atom is 0.248 e. The van der Waals surface area contributed by atoms with Gasteiger partial charge in [-0.05, 0) is 46.5 Å². The van der Waals surface area contributed by atoms with Crippen LogP contribution in [-0.2, 0) is 0 Å². The van der Waals surface area contributed by atoms with Crippen molar-refractivity contribution in [2.45, 2.75) is 0 Å². The van der Waals surface area contributed by atoms with Crippen LogP contribution in [0.1, 0.15) is 20.7 Å². The van der Waals surface area contributed by atoms with Crippen LogP contribution < -0.4 is 5.73 Å². The molecule has 118 valence electrons. The lowest BCUT2D eigenvalue weighted by molar-refractivity contribution is 0.1000. The minimum Gasteiger partial charge on any atom is -0.366 e. The van der Waals surface area contributed by atoms with Gasteiger partial charge in [0.05, 0.1) is 0 Å². The zero-order chi connectivity index (χ0) is 17.1. The largest absolute Gasteiger partial charge is 0.366 e. The molecule has 0 aliphatic carbocycles. The Kier molecular flexibility index (Phi) is 4.20. The summed E-state index contributed by atoms with van der Waals surface area (Å²) in [5, 5.41) is 0. The van der Waals surface area contributed by atoms with Gasteiger partial charge in [0.25, 0.3) is 0 Å². The van der Waals surface area contributed by atoms with Gasteiger partial charge < -0.3 is 5.73 Å². The lowest BCUT2D eigenvalue weighted by Gasteiger charge is -2.11. The number of carbonyl (C=O) groups is 2. The van der Waals surface area contributed by atoms with Crippen LogP contribution in [-0.4, -0.2) is 12.2 Å². The quantitative estimate of drug-likeness (QED) is 0.737. The number of benzene rings is 3. The second-order valence-corrected chi connectivity index (χ2v) is 5.34. The third kappa shape index (κ3) is 2.94. The van der Waals surface area contributed by atoms with Crippen molar-refractivity contribution in [2.75, 3.05) is 0 Å². The molecule has 1 amide bonds. The second kappa shape index (κ2) is 6.46. The summed E-state index contributed by atoms with van der Waals surface area (Å²) in [4.78, 5) is 23.1. The van der Waals surface area contributed by atoms with E-state index in [0.717, 1.165) is 17.4 Å². The molecule has 3 nitrogen and oxygen atoms in total. The van der Waals surface area contributed by atoms with Crippen LogP contribution in [0, 0.1) is 5.82 Å². The average molecular weight is 319 g/mol. The van der Waals surface area contributed by atoms with Gasteiger partial charge in [0, 0.05) is 11.1 Å². The molecule has 3 aromatic carbocycles. The maximum absolute atomic E-state index is 13.1. The molecule has 0 fully saturated rings. The van der Waals surface area contributed by atoms with Crippen LogP contribution in [0.2, 0.25) is 0 Å². The fraction of sp³-hybridized carbons (Fsp3) is 0. The fourth-order valence-corrected chi connectivity index (χ4v) is 2.67. The first kappa shape index (κ1) is 15.6. The zero-order valence-corrected chi connectivity index (χ0v) is 12.7. The highest BCUT2D eigenvalue weighted by atomic mass is 19.1. The number of halogens is 1. The first-order chi connectivity index (χ1) is 11.6. The van der Waals surface area contributed by atoms with Crippen molar-refractivity contribution < 1.29 is 14.0 Å². The van der Waals surface area contributed by atoms with Gasteiger partial charge in [0.15, 0.2) is 6.29 Å². The van der Waals surface area contributed by atoms with Gasteiger partial charge in [-0.2, -0.15) is 0 Å². The topological polar surface area (TPSA) is 60.2 Å². The molecule has 24 heavy (non-hydrogen) atoms. The summed E-state index contributed by atoms with van der Waals surface area (Å²) < 4.78 is 13.1. The fourth-order valence-electron chi connectivity index (χ4n) is 2.67. The Balaban J connectivity index is 2.18. The predicted octanol–water partition coefficient (Wildman–Crippen LogP) is 4.07. The molecule has 0 atom stereocenters.